The van der Waals surface area contributed by atoms with Crippen molar-refractivity contribution in [3.8, 4) is 0 Å². The van der Waals surface area contributed by atoms with E-state index in [0.717, 1.165) is 30.0 Å². The molecule has 0 spiro atoms. The molecule has 1 saturated carbocycles. The molecule has 1 heterocycles. The third kappa shape index (κ3) is 3.17. The van der Waals surface area contributed by atoms with Gasteiger partial charge in [0.25, 0.3) is 0 Å². The summed E-state index contributed by atoms with van der Waals surface area (Å²) in [5.41, 5.74) is 3.50. The quantitative estimate of drug-likeness (QED) is 0.521. The molecule has 7 heteroatoms. The normalized spacial score (nSPS) is 16.4. The minimum absolute atomic E-state index is 0.471. The van der Waals surface area contributed by atoms with Crippen LogP contribution in [0.3, 0.4) is 0 Å². The summed E-state index contributed by atoms with van der Waals surface area (Å²) in [5, 5.41) is 3.20. The second-order valence-corrected chi connectivity index (χ2v) is 6.08. The minimum atomic E-state index is -0.801. The molecule has 1 aromatic heterocycles. The van der Waals surface area contributed by atoms with E-state index >= 15 is 0 Å². The second kappa shape index (κ2) is 5.62. The highest BCUT2D eigenvalue weighted by molar-refractivity contribution is 7.84. The molecule has 1 aliphatic rings. The van der Waals surface area contributed by atoms with Gasteiger partial charge < -0.3 is 10.7 Å². The van der Waals surface area contributed by atoms with E-state index in [1.165, 1.54) is 0 Å². The van der Waals surface area contributed by atoms with E-state index in [-0.39, 0.29) is 0 Å². The van der Waals surface area contributed by atoms with Gasteiger partial charge in [0, 0.05) is 40.8 Å². The van der Waals surface area contributed by atoms with Crippen LogP contribution in [0.25, 0.3) is 0 Å². The number of nitrogens with two attached hydrogens (primary N) is 1. The lowest BCUT2D eigenvalue weighted by molar-refractivity contribution is 0.687. The van der Waals surface area contributed by atoms with Gasteiger partial charge in [0.05, 0.1) is 0 Å². The molecule has 4 N–H and O–H groups in total. The smallest absolute Gasteiger partial charge is 0.148 e. The molecule has 18 heavy (non-hydrogen) atoms. The van der Waals surface area contributed by atoms with E-state index in [1.54, 1.807) is 6.26 Å². The SMILES string of the molecule is Cc1c(NN)nc(C2CC2)nc1NCCS(C)=O. The fourth-order valence-electron chi connectivity index (χ4n) is 1.68. The van der Waals surface area contributed by atoms with Gasteiger partial charge in [-0.05, 0) is 19.8 Å². The van der Waals surface area contributed by atoms with Gasteiger partial charge in [-0.25, -0.2) is 15.8 Å². The van der Waals surface area contributed by atoms with Crippen molar-refractivity contribution in [2.45, 2.75) is 25.7 Å². The first-order valence-corrected chi connectivity index (χ1v) is 7.73. The maximum Gasteiger partial charge on any atom is 0.148 e. The highest BCUT2D eigenvalue weighted by Gasteiger charge is 2.28. The molecule has 0 amide bonds. The van der Waals surface area contributed by atoms with Gasteiger partial charge >= 0.3 is 0 Å². The lowest BCUT2D eigenvalue weighted by Crippen LogP contribution is -2.17. The van der Waals surface area contributed by atoms with E-state index in [4.69, 9.17) is 5.84 Å². The maximum atomic E-state index is 11.0. The van der Waals surface area contributed by atoms with E-state index in [9.17, 15) is 4.21 Å². The van der Waals surface area contributed by atoms with E-state index in [0.29, 0.717) is 24.0 Å². The molecular weight excluding hydrogens is 250 g/mol. The van der Waals surface area contributed by atoms with Crippen molar-refractivity contribution in [3.05, 3.63) is 11.4 Å². The number of aromatic nitrogens is 2. The molecule has 0 radical (unpaired) electrons. The van der Waals surface area contributed by atoms with Crippen LogP contribution in [0.2, 0.25) is 0 Å². The van der Waals surface area contributed by atoms with Crippen LogP contribution < -0.4 is 16.6 Å². The summed E-state index contributed by atoms with van der Waals surface area (Å²) >= 11 is 0. The Kier molecular flexibility index (Phi) is 4.13. The molecule has 100 valence electrons. The lowest BCUT2D eigenvalue weighted by Gasteiger charge is -2.13. The Labute approximate surface area is 109 Å². The zero-order valence-electron chi connectivity index (χ0n) is 10.7. The first kappa shape index (κ1) is 13.2. The predicted octanol–water partition coefficient (Wildman–Crippen LogP) is 0.738. The molecule has 0 aliphatic heterocycles. The summed E-state index contributed by atoms with van der Waals surface area (Å²) in [5.74, 6) is 8.83. The van der Waals surface area contributed by atoms with E-state index in [1.807, 2.05) is 6.92 Å². The highest BCUT2D eigenvalue weighted by Crippen LogP contribution is 2.39. The molecule has 1 unspecified atom stereocenters. The van der Waals surface area contributed by atoms with Crippen LogP contribution in [0, 0.1) is 6.92 Å². The van der Waals surface area contributed by atoms with E-state index in [2.05, 4.69) is 20.7 Å². The number of hydrazine groups is 1. The summed E-state index contributed by atoms with van der Waals surface area (Å²) < 4.78 is 11.0. The van der Waals surface area contributed by atoms with Crippen molar-refractivity contribution in [1.82, 2.24) is 9.97 Å². The fourth-order valence-corrected chi connectivity index (χ4v) is 2.07. The molecule has 0 saturated heterocycles. The van der Waals surface area contributed by atoms with Gasteiger partial charge in [0.2, 0.25) is 0 Å². The van der Waals surface area contributed by atoms with Crippen molar-refractivity contribution < 1.29 is 4.21 Å². The summed E-state index contributed by atoms with van der Waals surface area (Å²) in [6.07, 6.45) is 3.98. The van der Waals surface area contributed by atoms with Gasteiger partial charge in [0.15, 0.2) is 0 Å². The first-order chi connectivity index (χ1) is 8.61. The van der Waals surface area contributed by atoms with Gasteiger partial charge in [-0.3, -0.25) is 4.21 Å². The Hall–Kier alpha value is -1.21. The van der Waals surface area contributed by atoms with Crippen LogP contribution in [0.5, 0.6) is 0 Å². The average molecular weight is 269 g/mol. The number of nitrogen functional groups attached to an aromatic ring is 1. The Morgan fingerprint density at radius 3 is 2.61 bits per heavy atom. The topological polar surface area (TPSA) is 92.9 Å². The lowest BCUT2D eigenvalue weighted by atomic mass is 10.3. The summed E-state index contributed by atoms with van der Waals surface area (Å²) in [4.78, 5) is 8.93. The van der Waals surface area contributed by atoms with Gasteiger partial charge in [-0.15, -0.1) is 0 Å². The average Bonchev–Trinajstić information content (AvgIpc) is 3.15. The molecule has 6 nitrogen and oxygen atoms in total. The largest absolute Gasteiger partial charge is 0.369 e. The summed E-state index contributed by atoms with van der Waals surface area (Å²) in [6.45, 7) is 2.55. The van der Waals surface area contributed by atoms with E-state index < -0.39 is 10.8 Å². The molecule has 0 bridgehead atoms. The van der Waals surface area contributed by atoms with Crippen molar-refractivity contribution >= 4 is 22.4 Å². The van der Waals surface area contributed by atoms with Crippen molar-refractivity contribution in [3.63, 3.8) is 0 Å². The molecule has 1 fully saturated rings. The standard InChI is InChI=1S/C11H19N5OS/c1-7-9(13-5-6-18(2)17)14-11(8-3-4-8)15-10(7)16-12/h8H,3-6,12H2,1-2H3,(H2,13,14,15,16). The molecule has 2 rings (SSSR count). The van der Waals surface area contributed by atoms with Crippen LogP contribution in [0.4, 0.5) is 11.6 Å². The van der Waals surface area contributed by atoms with Crippen LogP contribution >= 0.6 is 0 Å². The summed E-state index contributed by atoms with van der Waals surface area (Å²) in [6, 6.07) is 0. The van der Waals surface area contributed by atoms with Gasteiger partial charge in [-0.1, -0.05) is 0 Å². The molecule has 1 aliphatic carbocycles. The molecule has 1 aromatic rings. The Balaban J connectivity index is 2.15. The Morgan fingerprint density at radius 1 is 1.39 bits per heavy atom. The van der Waals surface area contributed by atoms with Crippen LogP contribution in [-0.2, 0) is 10.8 Å². The third-order valence-electron chi connectivity index (χ3n) is 2.92. The maximum absolute atomic E-state index is 11.0. The van der Waals surface area contributed by atoms with Crippen LogP contribution in [0.1, 0.15) is 30.1 Å². The predicted molar refractivity (Wildman–Crippen MR) is 74.0 cm³/mol. The Bertz CT molecular complexity index is 461. The number of rotatable bonds is 6. The van der Waals surface area contributed by atoms with Gasteiger partial charge in [-0.2, -0.15) is 0 Å². The monoisotopic (exact) mass is 269 g/mol. The van der Waals surface area contributed by atoms with Crippen molar-refractivity contribution in [2.24, 2.45) is 5.84 Å². The zero-order chi connectivity index (χ0) is 13.1. The number of hydrogen-bond acceptors (Lipinski definition) is 6. The second-order valence-electron chi connectivity index (χ2n) is 4.53. The van der Waals surface area contributed by atoms with Crippen molar-refractivity contribution in [2.75, 3.05) is 29.3 Å². The van der Waals surface area contributed by atoms with Crippen molar-refractivity contribution in [1.29, 1.82) is 0 Å². The zero-order valence-corrected chi connectivity index (χ0v) is 11.5. The molecule has 1 atom stereocenters. The van der Waals surface area contributed by atoms with Crippen LogP contribution in [-0.4, -0.2) is 32.7 Å². The number of nitrogens with zero attached hydrogens (tertiary/aromatic N) is 2. The number of hydrogen-bond donors (Lipinski definition) is 3. The third-order valence-corrected chi connectivity index (χ3v) is 3.70. The molecule has 0 aromatic carbocycles. The summed E-state index contributed by atoms with van der Waals surface area (Å²) in [7, 11) is -0.801. The van der Waals surface area contributed by atoms with Crippen LogP contribution in [0.15, 0.2) is 0 Å². The number of anilines is 2. The number of nitrogens with one attached hydrogen (secondary N) is 2. The fraction of sp³-hybridized carbons (Fsp3) is 0.636. The van der Waals surface area contributed by atoms with Gasteiger partial charge in [0.1, 0.15) is 17.5 Å². The highest BCUT2D eigenvalue weighted by atomic mass is 32.2. The first-order valence-electron chi connectivity index (χ1n) is 6.01. The Morgan fingerprint density at radius 2 is 2.06 bits per heavy atom. The minimum Gasteiger partial charge on any atom is -0.369 e. The molecular formula is C11H19N5OS.